The Labute approximate surface area is 99.1 Å². The molecule has 16 heavy (non-hydrogen) atoms. The molecule has 2 aliphatic rings. The first-order valence-electron chi connectivity index (χ1n) is 6.70. The second kappa shape index (κ2) is 3.35. The van der Waals surface area contributed by atoms with E-state index in [1.54, 1.807) is 16.7 Å². The van der Waals surface area contributed by atoms with Crippen LogP contribution in [0.4, 0.5) is 0 Å². The minimum Gasteiger partial charge on any atom is -0.0617 e. The summed E-state index contributed by atoms with van der Waals surface area (Å²) in [6.45, 7) is 7.13. The first-order valence-corrected chi connectivity index (χ1v) is 6.70. The molecule has 0 bridgehead atoms. The van der Waals surface area contributed by atoms with Crippen LogP contribution in [-0.2, 0) is 5.41 Å². The summed E-state index contributed by atoms with van der Waals surface area (Å²) in [4.78, 5) is 0. The van der Waals surface area contributed by atoms with Crippen molar-refractivity contribution in [3.63, 3.8) is 0 Å². The molecule has 2 aliphatic carbocycles. The summed E-state index contributed by atoms with van der Waals surface area (Å²) in [6, 6.07) is 7.05. The van der Waals surface area contributed by atoms with Gasteiger partial charge in [-0.15, -0.1) is 0 Å². The number of hydrogen-bond acceptors (Lipinski definition) is 0. The van der Waals surface area contributed by atoms with Gasteiger partial charge in [-0.1, -0.05) is 39.0 Å². The molecule has 1 aromatic carbocycles. The summed E-state index contributed by atoms with van der Waals surface area (Å²) in [7, 11) is 0. The van der Waals surface area contributed by atoms with E-state index in [0.29, 0.717) is 5.41 Å². The van der Waals surface area contributed by atoms with E-state index >= 15 is 0 Å². The number of rotatable bonds is 2. The van der Waals surface area contributed by atoms with Crippen molar-refractivity contribution in [2.24, 2.45) is 0 Å². The Morgan fingerprint density at radius 1 is 0.875 bits per heavy atom. The lowest BCUT2D eigenvalue weighted by atomic mass is 9.78. The summed E-state index contributed by atoms with van der Waals surface area (Å²) < 4.78 is 0. The summed E-state index contributed by atoms with van der Waals surface area (Å²) in [5, 5.41) is 0. The molecule has 0 spiro atoms. The zero-order chi connectivity index (χ0) is 11.3. The van der Waals surface area contributed by atoms with E-state index in [2.05, 4.69) is 39.0 Å². The van der Waals surface area contributed by atoms with Gasteiger partial charge >= 0.3 is 0 Å². The standard InChI is InChI=1S/C16H22/c1-16(2,3)15-13(11-7-8-11)5-4-6-14(15)12-9-10-12/h4-6,11-12H,7-10H2,1-3H3. The molecule has 0 aliphatic heterocycles. The molecule has 0 saturated heterocycles. The largest absolute Gasteiger partial charge is 0.0617 e. The van der Waals surface area contributed by atoms with Crippen LogP contribution in [0.3, 0.4) is 0 Å². The average molecular weight is 214 g/mol. The van der Waals surface area contributed by atoms with Gasteiger partial charge in [0.25, 0.3) is 0 Å². The van der Waals surface area contributed by atoms with Crippen LogP contribution in [0.5, 0.6) is 0 Å². The Hall–Kier alpha value is -0.780. The molecule has 86 valence electrons. The Kier molecular flexibility index (Phi) is 2.18. The third-order valence-corrected chi connectivity index (χ3v) is 3.91. The van der Waals surface area contributed by atoms with Crippen LogP contribution in [-0.4, -0.2) is 0 Å². The van der Waals surface area contributed by atoms with Crippen molar-refractivity contribution in [3.05, 3.63) is 34.9 Å². The van der Waals surface area contributed by atoms with E-state index in [4.69, 9.17) is 0 Å². The predicted octanol–water partition coefficient (Wildman–Crippen LogP) is 4.74. The maximum Gasteiger partial charge on any atom is -0.0126 e. The summed E-state index contributed by atoms with van der Waals surface area (Å²) in [6.07, 6.45) is 5.66. The lowest BCUT2D eigenvalue weighted by Crippen LogP contribution is -2.16. The van der Waals surface area contributed by atoms with Crippen molar-refractivity contribution in [1.29, 1.82) is 0 Å². The van der Waals surface area contributed by atoms with Crippen molar-refractivity contribution in [1.82, 2.24) is 0 Å². The van der Waals surface area contributed by atoms with Gasteiger partial charge in [0.05, 0.1) is 0 Å². The van der Waals surface area contributed by atoms with Gasteiger partial charge in [0.15, 0.2) is 0 Å². The third kappa shape index (κ3) is 1.79. The molecule has 0 heteroatoms. The zero-order valence-electron chi connectivity index (χ0n) is 10.7. The fourth-order valence-electron chi connectivity index (χ4n) is 2.92. The molecule has 0 unspecified atom stereocenters. The molecule has 2 fully saturated rings. The van der Waals surface area contributed by atoms with E-state index in [-0.39, 0.29) is 0 Å². The molecule has 0 atom stereocenters. The predicted molar refractivity (Wildman–Crippen MR) is 69.1 cm³/mol. The van der Waals surface area contributed by atoms with Gasteiger partial charge < -0.3 is 0 Å². The van der Waals surface area contributed by atoms with Crippen LogP contribution in [0.25, 0.3) is 0 Å². The number of hydrogen-bond donors (Lipinski definition) is 0. The SMILES string of the molecule is CC(C)(C)c1c(C2CC2)cccc1C1CC1. The fraction of sp³-hybridized carbons (Fsp3) is 0.625. The molecule has 0 amide bonds. The van der Waals surface area contributed by atoms with Gasteiger partial charge in [-0.3, -0.25) is 0 Å². The van der Waals surface area contributed by atoms with Crippen LogP contribution in [0.1, 0.15) is 75.0 Å². The van der Waals surface area contributed by atoms with Crippen molar-refractivity contribution in [2.75, 3.05) is 0 Å². The molecule has 1 aromatic rings. The van der Waals surface area contributed by atoms with E-state index < -0.39 is 0 Å². The highest BCUT2D eigenvalue weighted by Gasteiger charge is 2.35. The van der Waals surface area contributed by atoms with Crippen LogP contribution in [0, 0.1) is 0 Å². The first kappa shape index (κ1) is 10.4. The quantitative estimate of drug-likeness (QED) is 0.667. The smallest absolute Gasteiger partial charge is 0.0126 e. The van der Waals surface area contributed by atoms with E-state index in [9.17, 15) is 0 Å². The lowest BCUT2D eigenvalue weighted by molar-refractivity contribution is 0.575. The Balaban J connectivity index is 2.13. The zero-order valence-corrected chi connectivity index (χ0v) is 10.7. The van der Waals surface area contributed by atoms with Gasteiger partial charge in [0, 0.05) is 0 Å². The Morgan fingerprint density at radius 3 is 1.62 bits per heavy atom. The highest BCUT2D eigenvalue weighted by molar-refractivity contribution is 5.46. The Morgan fingerprint density at radius 2 is 1.31 bits per heavy atom. The topological polar surface area (TPSA) is 0 Å². The van der Waals surface area contributed by atoms with Crippen LogP contribution >= 0.6 is 0 Å². The molecule has 2 saturated carbocycles. The highest BCUT2D eigenvalue weighted by Crippen LogP contribution is 2.50. The van der Waals surface area contributed by atoms with Gasteiger partial charge in [-0.2, -0.15) is 0 Å². The van der Waals surface area contributed by atoms with Crippen LogP contribution < -0.4 is 0 Å². The van der Waals surface area contributed by atoms with Crippen molar-refractivity contribution >= 4 is 0 Å². The van der Waals surface area contributed by atoms with Crippen LogP contribution in [0.15, 0.2) is 18.2 Å². The van der Waals surface area contributed by atoms with Gasteiger partial charge in [0.2, 0.25) is 0 Å². The fourth-order valence-corrected chi connectivity index (χ4v) is 2.92. The van der Waals surface area contributed by atoms with Gasteiger partial charge in [-0.25, -0.2) is 0 Å². The summed E-state index contributed by atoms with van der Waals surface area (Å²) in [5.74, 6) is 1.76. The minimum absolute atomic E-state index is 0.317. The molecule has 0 heterocycles. The molecule has 0 N–H and O–H groups in total. The molecular formula is C16H22. The third-order valence-electron chi connectivity index (χ3n) is 3.91. The normalized spacial score (nSPS) is 21.2. The monoisotopic (exact) mass is 214 g/mol. The second-order valence-electron chi connectivity index (χ2n) is 6.61. The van der Waals surface area contributed by atoms with Gasteiger partial charge in [-0.05, 0) is 59.6 Å². The van der Waals surface area contributed by atoms with Crippen molar-refractivity contribution < 1.29 is 0 Å². The van der Waals surface area contributed by atoms with E-state index in [1.165, 1.54) is 25.7 Å². The second-order valence-corrected chi connectivity index (χ2v) is 6.61. The first-order chi connectivity index (χ1) is 7.57. The summed E-state index contributed by atoms with van der Waals surface area (Å²) >= 11 is 0. The summed E-state index contributed by atoms with van der Waals surface area (Å²) in [5.41, 5.74) is 5.32. The maximum absolute atomic E-state index is 2.38. The molecule has 0 radical (unpaired) electrons. The van der Waals surface area contributed by atoms with E-state index in [1.807, 2.05) is 0 Å². The lowest BCUT2D eigenvalue weighted by Gasteiger charge is -2.26. The maximum atomic E-state index is 2.38. The van der Waals surface area contributed by atoms with Crippen molar-refractivity contribution in [3.8, 4) is 0 Å². The minimum atomic E-state index is 0.317. The molecule has 0 aromatic heterocycles. The van der Waals surface area contributed by atoms with Crippen molar-refractivity contribution in [2.45, 2.75) is 63.7 Å². The average Bonchev–Trinajstić information content (AvgIpc) is 3.07. The molecular weight excluding hydrogens is 192 g/mol. The Bertz CT molecular complexity index is 370. The number of benzene rings is 1. The molecule has 0 nitrogen and oxygen atoms in total. The molecule has 3 rings (SSSR count). The van der Waals surface area contributed by atoms with Crippen LogP contribution in [0.2, 0.25) is 0 Å². The van der Waals surface area contributed by atoms with Gasteiger partial charge in [0.1, 0.15) is 0 Å². The van der Waals surface area contributed by atoms with E-state index in [0.717, 1.165) is 11.8 Å². The highest BCUT2D eigenvalue weighted by atomic mass is 14.4.